The maximum atomic E-state index is 12.3. The summed E-state index contributed by atoms with van der Waals surface area (Å²) in [5.74, 6) is 1.74. The van der Waals surface area contributed by atoms with E-state index in [2.05, 4.69) is 40.7 Å². The lowest BCUT2D eigenvalue weighted by atomic mass is 10.1. The Bertz CT molecular complexity index is 683. The number of aliphatic imine (C=N–C) groups is 1. The number of benzene rings is 1. The predicted octanol–water partition coefficient (Wildman–Crippen LogP) is 3.61. The minimum absolute atomic E-state index is 0. The average Bonchev–Trinajstić information content (AvgIpc) is 3.23. The third-order valence-corrected chi connectivity index (χ3v) is 5.60. The molecule has 0 bridgehead atoms. The fourth-order valence-corrected chi connectivity index (χ4v) is 3.92. The van der Waals surface area contributed by atoms with Gasteiger partial charge in [0, 0.05) is 32.2 Å². The molecule has 1 saturated carbocycles. The summed E-state index contributed by atoms with van der Waals surface area (Å²) >= 11 is 0. The van der Waals surface area contributed by atoms with E-state index in [4.69, 9.17) is 4.74 Å². The summed E-state index contributed by atoms with van der Waals surface area (Å²) in [5, 5.41) is 6.46. The molecular weight excluding hydrogens is 479 g/mol. The zero-order valence-electron chi connectivity index (χ0n) is 17.7. The van der Waals surface area contributed by atoms with Gasteiger partial charge in [-0.3, -0.25) is 9.79 Å². The Morgan fingerprint density at radius 2 is 1.86 bits per heavy atom. The second-order valence-electron chi connectivity index (χ2n) is 7.86. The molecule has 1 amide bonds. The number of amides is 1. The molecule has 29 heavy (non-hydrogen) atoms. The Morgan fingerprint density at radius 3 is 2.55 bits per heavy atom. The lowest BCUT2D eigenvalue weighted by molar-refractivity contribution is -0.130. The maximum Gasteiger partial charge on any atom is 0.241 e. The number of carbonyl (C=O) groups excluding carboxylic acids is 1. The SMILES string of the molecule is CN=C(NCC(=O)N1CCCCC1)NCc1ccc(C)cc1OC1CCCC1.I. The fourth-order valence-electron chi connectivity index (χ4n) is 3.92. The molecule has 1 aliphatic heterocycles. The van der Waals surface area contributed by atoms with Crippen molar-refractivity contribution in [3.05, 3.63) is 29.3 Å². The first-order valence-corrected chi connectivity index (χ1v) is 10.6. The van der Waals surface area contributed by atoms with Gasteiger partial charge in [0.15, 0.2) is 5.96 Å². The normalized spacial score (nSPS) is 17.6. The molecule has 0 aromatic heterocycles. The van der Waals surface area contributed by atoms with Gasteiger partial charge in [-0.25, -0.2) is 0 Å². The van der Waals surface area contributed by atoms with E-state index in [1.807, 2.05) is 4.90 Å². The lowest BCUT2D eigenvalue weighted by Crippen LogP contribution is -2.45. The summed E-state index contributed by atoms with van der Waals surface area (Å²) in [5.41, 5.74) is 2.31. The summed E-state index contributed by atoms with van der Waals surface area (Å²) in [6.45, 7) is 4.72. The molecule has 0 unspecified atom stereocenters. The van der Waals surface area contributed by atoms with Crippen LogP contribution >= 0.6 is 24.0 Å². The molecule has 2 aliphatic rings. The molecule has 0 atom stereocenters. The third kappa shape index (κ3) is 7.35. The quantitative estimate of drug-likeness (QED) is 0.346. The number of carbonyl (C=O) groups is 1. The highest BCUT2D eigenvalue weighted by Crippen LogP contribution is 2.27. The van der Waals surface area contributed by atoms with Crippen LogP contribution in [0, 0.1) is 6.92 Å². The number of nitrogens with one attached hydrogen (secondary N) is 2. The predicted molar refractivity (Wildman–Crippen MR) is 128 cm³/mol. The van der Waals surface area contributed by atoms with E-state index in [9.17, 15) is 4.79 Å². The molecule has 0 radical (unpaired) electrons. The molecule has 1 aliphatic carbocycles. The molecule has 7 heteroatoms. The van der Waals surface area contributed by atoms with E-state index in [0.717, 1.165) is 50.1 Å². The van der Waals surface area contributed by atoms with Crippen LogP contribution in [0.1, 0.15) is 56.1 Å². The number of ether oxygens (including phenoxy) is 1. The smallest absolute Gasteiger partial charge is 0.241 e. The van der Waals surface area contributed by atoms with Gasteiger partial charge in [-0.1, -0.05) is 12.1 Å². The van der Waals surface area contributed by atoms with Crippen molar-refractivity contribution < 1.29 is 9.53 Å². The van der Waals surface area contributed by atoms with E-state index in [-0.39, 0.29) is 36.4 Å². The number of likely N-dealkylation sites (tertiary alicyclic amines) is 1. The molecule has 0 spiro atoms. The first-order valence-electron chi connectivity index (χ1n) is 10.6. The number of guanidine groups is 1. The maximum absolute atomic E-state index is 12.3. The second-order valence-corrected chi connectivity index (χ2v) is 7.86. The summed E-state index contributed by atoms with van der Waals surface area (Å²) in [6, 6.07) is 6.33. The monoisotopic (exact) mass is 514 g/mol. The number of piperidine rings is 1. The molecule has 1 aromatic carbocycles. The summed E-state index contributed by atoms with van der Waals surface area (Å²) in [4.78, 5) is 18.5. The van der Waals surface area contributed by atoms with Gasteiger partial charge in [0.1, 0.15) is 5.75 Å². The molecule has 2 N–H and O–H groups in total. The molecule has 162 valence electrons. The van der Waals surface area contributed by atoms with Gasteiger partial charge < -0.3 is 20.3 Å². The fraction of sp³-hybridized carbons (Fsp3) is 0.636. The van der Waals surface area contributed by atoms with Crippen LogP contribution in [0.2, 0.25) is 0 Å². The molecular formula is C22H35IN4O2. The van der Waals surface area contributed by atoms with E-state index < -0.39 is 0 Å². The average molecular weight is 514 g/mol. The zero-order valence-corrected chi connectivity index (χ0v) is 20.0. The van der Waals surface area contributed by atoms with E-state index in [1.54, 1.807) is 7.05 Å². The van der Waals surface area contributed by atoms with Gasteiger partial charge in [-0.2, -0.15) is 0 Å². The van der Waals surface area contributed by atoms with Gasteiger partial charge in [-0.15, -0.1) is 24.0 Å². The number of hydrogen-bond donors (Lipinski definition) is 2. The number of halogens is 1. The standard InChI is InChI=1S/C22H34N4O2.HI/c1-17-10-11-18(20(14-17)28-19-8-4-5-9-19)15-24-22(23-2)25-16-21(27)26-12-6-3-7-13-26;/h10-11,14,19H,3-9,12-13,15-16H2,1-2H3,(H2,23,24,25);1H. The second kappa shape index (κ2) is 12.2. The van der Waals surface area contributed by atoms with Crippen molar-refractivity contribution in [3.63, 3.8) is 0 Å². The first-order chi connectivity index (χ1) is 13.7. The summed E-state index contributed by atoms with van der Waals surface area (Å²) < 4.78 is 6.27. The number of rotatable bonds is 6. The molecule has 1 saturated heterocycles. The topological polar surface area (TPSA) is 66.0 Å². The minimum atomic E-state index is 0. The summed E-state index contributed by atoms with van der Waals surface area (Å²) in [6.07, 6.45) is 8.57. The highest BCUT2D eigenvalue weighted by molar-refractivity contribution is 14.0. The van der Waals surface area contributed by atoms with Crippen LogP contribution in [0.4, 0.5) is 0 Å². The number of hydrogen-bond acceptors (Lipinski definition) is 3. The van der Waals surface area contributed by atoms with Crippen LogP contribution in [0.15, 0.2) is 23.2 Å². The highest BCUT2D eigenvalue weighted by atomic mass is 127. The molecule has 3 rings (SSSR count). The van der Waals surface area contributed by atoms with Gasteiger partial charge in [0.05, 0.1) is 12.6 Å². The Labute approximate surface area is 191 Å². The van der Waals surface area contributed by atoms with Gasteiger partial charge in [0.25, 0.3) is 0 Å². The van der Waals surface area contributed by atoms with Crippen molar-refractivity contribution in [2.75, 3.05) is 26.7 Å². The van der Waals surface area contributed by atoms with Crippen molar-refractivity contribution in [1.82, 2.24) is 15.5 Å². The third-order valence-electron chi connectivity index (χ3n) is 5.60. The Morgan fingerprint density at radius 1 is 1.14 bits per heavy atom. The largest absolute Gasteiger partial charge is 0.490 e. The Balaban J connectivity index is 0.00000300. The first kappa shape index (κ1) is 23.8. The van der Waals surface area contributed by atoms with Crippen LogP contribution in [0.3, 0.4) is 0 Å². The van der Waals surface area contributed by atoms with Crippen LogP contribution in [0.25, 0.3) is 0 Å². The van der Waals surface area contributed by atoms with Crippen LogP contribution in [-0.4, -0.2) is 49.6 Å². The lowest BCUT2D eigenvalue weighted by Gasteiger charge is -2.27. The van der Waals surface area contributed by atoms with Crippen molar-refractivity contribution in [3.8, 4) is 5.75 Å². The van der Waals surface area contributed by atoms with Gasteiger partial charge in [-0.05, 0) is 63.5 Å². The Hall–Kier alpha value is -1.51. The van der Waals surface area contributed by atoms with Crippen molar-refractivity contribution in [2.24, 2.45) is 4.99 Å². The van der Waals surface area contributed by atoms with Crippen LogP contribution in [0.5, 0.6) is 5.75 Å². The van der Waals surface area contributed by atoms with E-state index in [0.29, 0.717) is 18.6 Å². The highest BCUT2D eigenvalue weighted by Gasteiger charge is 2.19. The molecule has 1 aromatic rings. The molecule has 6 nitrogen and oxygen atoms in total. The van der Waals surface area contributed by atoms with E-state index in [1.165, 1.54) is 24.8 Å². The van der Waals surface area contributed by atoms with Crippen LogP contribution in [-0.2, 0) is 11.3 Å². The minimum Gasteiger partial charge on any atom is -0.490 e. The van der Waals surface area contributed by atoms with Crippen molar-refractivity contribution in [1.29, 1.82) is 0 Å². The molecule has 2 fully saturated rings. The zero-order chi connectivity index (χ0) is 19.8. The van der Waals surface area contributed by atoms with Crippen molar-refractivity contribution >= 4 is 35.8 Å². The number of nitrogens with zero attached hydrogens (tertiary/aromatic N) is 2. The van der Waals surface area contributed by atoms with Gasteiger partial charge in [0.2, 0.25) is 5.91 Å². The van der Waals surface area contributed by atoms with Crippen LogP contribution < -0.4 is 15.4 Å². The summed E-state index contributed by atoms with van der Waals surface area (Å²) in [7, 11) is 1.73. The van der Waals surface area contributed by atoms with E-state index >= 15 is 0 Å². The molecule has 1 heterocycles. The van der Waals surface area contributed by atoms with Gasteiger partial charge >= 0.3 is 0 Å². The Kier molecular flexibility index (Phi) is 10.0. The van der Waals surface area contributed by atoms with Crippen molar-refractivity contribution in [2.45, 2.75) is 64.5 Å². The number of aryl methyl sites for hydroxylation is 1.